The molecule has 0 unspecified atom stereocenters. The minimum absolute atomic E-state index is 0.0613. The molecule has 3 aromatic rings. The third kappa shape index (κ3) is 2.80. The van der Waals surface area contributed by atoms with Crippen molar-refractivity contribution in [2.45, 2.75) is 5.92 Å². The van der Waals surface area contributed by atoms with E-state index in [0.29, 0.717) is 12.3 Å². The molecule has 0 aromatic heterocycles. The van der Waals surface area contributed by atoms with Gasteiger partial charge in [0.1, 0.15) is 6.61 Å². The summed E-state index contributed by atoms with van der Waals surface area (Å²) in [6, 6.07) is 23.7. The Hall–Kier alpha value is -3.27. The predicted molar refractivity (Wildman–Crippen MR) is 104 cm³/mol. The summed E-state index contributed by atoms with van der Waals surface area (Å²) in [5.74, 6) is 0.0613. The van der Waals surface area contributed by atoms with E-state index in [0.717, 1.165) is 5.69 Å². The molecule has 4 rings (SSSR count). The minimum Gasteiger partial charge on any atom is -0.448 e. The number of anilines is 2. The number of fused-ring (bicyclic) bond motifs is 3. The highest BCUT2D eigenvalue weighted by Gasteiger charge is 2.29. The van der Waals surface area contributed by atoms with Crippen LogP contribution >= 0.6 is 0 Å². The fourth-order valence-corrected chi connectivity index (χ4v) is 3.49. The highest BCUT2D eigenvalue weighted by atomic mass is 16.6. The summed E-state index contributed by atoms with van der Waals surface area (Å²) in [5.41, 5.74) is 12.0. The molecule has 4 nitrogen and oxygen atoms in total. The maximum absolute atomic E-state index is 12.5. The van der Waals surface area contributed by atoms with Crippen molar-refractivity contribution in [3.8, 4) is 11.1 Å². The number of benzene rings is 3. The molecule has 1 aliphatic rings. The second-order valence-electron chi connectivity index (χ2n) is 6.45. The third-order valence-electron chi connectivity index (χ3n) is 4.89. The summed E-state index contributed by atoms with van der Waals surface area (Å²) in [5, 5.41) is 0. The number of amides is 1. The number of hydrogen-bond acceptors (Lipinski definition) is 3. The van der Waals surface area contributed by atoms with Crippen LogP contribution in [0.1, 0.15) is 17.0 Å². The molecule has 2 N–H and O–H groups in total. The Morgan fingerprint density at radius 1 is 0.923 bits per heavy atom. The molecule has 0 radical (unpaired) electrons. The second-order valence-corrected chi connectivity index (χ2v) is 6.45. The van der Waals surface area contributed by atoms with Crippen LogP contribution in [-0.4, -0.2) is 19.7 Å². The van der Waals surface area contributed by atoms with Crippen LogP contribution in [0.25, 0.3) is 11.1 Å². The maximum atomic E-state index is 12.5. The molecule has 1 amide bonds. The van der Waals surface area contributed by atoms with Gasteiger partial charge in [-0.3, -0.25) is 4.90 Å². The number of nitrogens with two attached hydrogens (primary N) is 1. The Labute approximate surface area is 152 Å². The third-order valence-corrected chi connectivity index (χ3v) is 4.89. The Morgan fingerprint density at radius 2 is 1.46 bits per heavy atom. The van der Waals surface area contributed by atoms with E-state index in [1.165, 1.54) is 27.2 Å². The van der Waals surface area contributed by atoms with Gasteiger partial charge in [0, 0.05) is 24.3 Å². The molecule has 0 saturated heterocycles. The first kappa shape index (κ1) is 16.2. The molecule has 0 heterocycles. The fraction of sp³-hybridized carbons (Fsp3) is 0.136. The van der Waals surface area contributed by atoms with Crippen LogP contribution in [0.15, 0.2) is 72.8 Å². The molecular formula is C22H20N2O2. The van der Waals surface area contributed by atoms with E-state index in [1.807, 2.05) is 24.3 Å². The molecule has 130 valence electrons. The number of ether oxygens (including phenoxy) is 1. The Kier molecular flexibility index (Phi) is 4.09. The van der Waals surface area contributed by atoms with Crippen LogP contribution in [0.5, 0.6) is 0 Å². The zero-order valence-electron chi connectivity index (χ0n) is 14.6. The van der Waals surface area contributed by atoms with E-state index >= 15 is 0 Å². The lowest BCUT2D eigenvalue weighted by atomic mass is 9.98. The molecule has 0 spiro atoms. The summed E-state index contributed by atoms with van der Waals surface area (Å²) in [7, 11) is 1.70. The average molecular weight is 344 g/mol. The van der Waals surface area contributed by atoms with Crippen LogP contribution in [0.3, 0.4) is 0 Å². The van der Waals surface area contributed by atoms with Gasteiger partial charge in [-0.15, -0.1) is 0 Å². The molecule has 0 bridgehead atoms. The summed E-state index contributed by atoms with van der Waals surface area (Å²) in [6.07, 6.45) is -0.378. The van der Waals surface area contributed by atoms with Gasteiger partial charge in [0.2, 0.25) is 0 Å². The van der Waals surface area contributed by atoms with Crippen molar-refractivity contribution in [2.75, 3.05) is 24.3 Å². The van der Waals surface area contributed by atoms with E-state index in [2.05, 4.69) is 24.3 Å². The molecule has 0 atom stereocenters. The predicted octanol–water partition coefficient (Wildman–Crippen LogP) is 4.65. The standard InChI is InChI=1S/C22H20N2O2/c1-24(16-12-10-15(23)11-13-16)22(25)26-14-21-19-8-4-2-6-17(19)18-7-3-5-9-20(18)21/h2-13,21H,14,23H2,1H3. The van der Waals surface area contributed by atoms with Crippen molar-refractivity contribution in [1.82, 2.24) is 0 Å². The summed E-state index contributed by atoms with van der Waals surface area (Å²) >= 11 is 0. The molecule has 1 aliphatic carbocycles. The fourth-order valence-electron chi connectivity index (χ4n) is 3.49. The topological polar surface area (TPSA) is 55.6 Å². The number of rotatable bonds is 3. The van der Waals surface area contributed by atoms with Crippen LogP contribution in [0.2, 0.25) is 0 Å². The first-order valence-electron chi connectivity index (χ1n) is 8.59. The van der Waals surface area contributed by atoms with Gasteiger partial charge in [0.15, 0.2) is 0 Å². The summed E-state index contributed by atoms with van der Waals surface area (Å²) in [4.78, 5) is 14.0. The highest BCUT2D eigenvalue weighted by Crippen LogP contribution is 2.44. The zero-order valence-corrected chi connectivity index (χ0v) is 14.6. The van der Waals surface area contributed by atoms with Crippen molar-refractivity contribution in [1.29, 1.82) is 0 Å². The second kappa shape index (κ2) is 6.56. The largest absolute Gasteiger partial charge is 0.448 e. The van der Waals surface area contributed by atoms with E-state index in [-0.39, 0.29) is 12.0 Å². The lowest BCUT2D eigenvalue weighted by molar-refractivity contribution is 0.152. The normalized spacial score (nSPS) is 12.3. The lowest BCUT2D eigenvalue weighted by Gasteiger charge is -2.20. The van der Waals surface area contributed by atoms with Gasteiger partial charge >= 0.3 is 6.09 Å². The summed E-state index contributed by atoms with van der Waals surface area (Å²) in [6.45, 7) is 0.312. The molecule has 0 fully saturated rings. The Bertz CT molecular complexity index is 905. The van der Waals surface area contributed by atoms with Crippen LogP contribution < -0.4 is 10.6 Å². The number of nitrogens with zero attached hydrogens (tertiary/aromatic N) is 1. The maximum Gasteiger partial charge on any atom is 0.414 e. The van der Waals surface area contributed by atoms with Crippen LogP contribution in [-0.2, 0) is 4.74 Å². The molecule has 26 heavy (non-hydrogen) atoms. The van der Waals surface area contributed by atoms with Crippen molar-refractivity contribution < 1.29 is 9.53 Å². The Morgan fingerprint density at radius 3 is 2.04 bits per heavy atom. The molecular weight excluding hydrogens is 324 g/mol. The van der Waals surface area contributed by atoms with Gasteiger partial charge in [-0.25, -0.2) is 4.79 Å². The molecule has 4 heteroatoms. The van der Waals surface area contributed by atoms with Gasteiger partial charge in [-0.2, -0.15) is 0 Å². The smallest absolute Gasteiger partial charge is 0.414 e. The van der Waals surface area contributed by atoms with E-state index in [4.69, 9.17) is 10.5 Å². The quantitative estimate of drug-likeness (QED) is 0.703. The van der Waals surface area contributed by atoms with E-state index in [1.54, 1.807) is 31.3 Å². The van der Waals surface area contributed by atoms with Crippen molar-refractivity contribution in [3.05, 3.63) is 83.9 Å². The Balaban J connectivity index is 1.53. The molecule has 3 aromatic carbocycles. The van der Waals surface area contributed by atoms with Crippen molar-refractivity contribution >= 4 is 17.5 Å². The molecule has 0 saturated carbocycles. The van der Waals surface area contributed by atoms with Gasteiger partial charge in [-0.1, -0.05) is 48.5 Å². The average Bonchev–Trinajstić information content (AvgIpc) is 3.00. The van der Waals surface area contributed by atoms with Gasteiger partial charge in [0.25, 0.3) is 0 Å². The first-order valence-corrected chi connectivity index (χ1v) is 8.59. The van der Waals surface area contributed by atoms with Crippen LogP contribution in [0, 0.1) is 0 Å². The van der Waals surface area contributed by atoms with Gasteiger partial charge < -0.3 is 10.5 Å². The number of carbonyl (C=O) groups excluding carboxylic acids is 1. The van der Waals surface area contributed by atoms with E-state index < -0.39 is 0 Å². The first-order chi connectivity index (χ1) is 12.6. The van der Waals surface area contributed by atoms with E-state index in [9.17, 15) is 4.79 Å². The van der Waals surface area contributed by atoms with Crippen molar-refractivity contribution in [2.24, 2.45) is 0 Å². The minimum atomic E-state index is -0.378. The van der Waals surface area contributed by atoms with Crippen LogP contribution in [0.4, 0.5) is 16.2 Å². The number of carbonyl (C=O) groups is 1. The monoisotopic (exact) mass is 344 g/mol. The van der Waals surface area contributed by atoms with Crippen molar-refractivity contribution in [3.63, 3.8) is 0 Å². The zero-order chi connectivity index (χ0) is 18.1. The van der Waals surface area contributed by atoms with Gasteiger partial charge in [0.05, 0.1) is 0 Å². The SMILES string of the molecule is CN(C(=O)OCC1c2ccccc2-c2ccccc21)c1ccc(N)cc1. The number of hydrogen-bond donors (Lipinski definition) is 1. The lowest BCUT2D eigenvalue weighted by Crippen LogP contribution is -2.28. The highest BCUT2D eigenvalue weighted by molar-refractivity contribution is 5.87. The number of nitrogen functional groups attached to an aromatic ring is 1. The van der Waals surface area contributed by atoms with Gasteiger partial charge in [-0.05, 0) is 46.5 Å². The molecule has 0 aliphatic heterocycles. The summed E-state index contributed by atoms with van der Waals surface area (Å²) < 4.78 is 5.64.